The second-order valence-electron chi connectivity index (χ2n) is 6.49. The maximum absolute atomic E-state index is 4.55. The summed E-state index contributed by atoms with van der Waals surface area (Å²) >= 11 is 3.69. The van der Waals surface area contributed by atoms with Crippen molar-refractivity contribution >= 4 is 15.9 Å². The Kier molecular flexibility index (Phi) is 6.71. The van der Waals surface area contributed by atoms with Crippen LogP contribution in [0.4, 0.5) is 0 Å². The first-order valence-electron chi connectivity index (χ1n) is 8.15. The molecule has 1 aliphatic rings. The number of aromatic nitrogens is 2. The van der Waals surface area contributed by atoms with Gasteiger partial charge in [0.1, 0.15) is 0 Å². The highest BCUT2D eigenvalue weighted by Crippen LogP contribution is 2.34. The highest BCUT2D eigenvalue weighted by Gasteiger charge is 2.23. The second-order valence-corrected chi connectivity index (χ2v) is 7.34. The average molecular weight is 357 g/mol. The smallest absolute Gasteiger partial charge is 0.0696 e. The van der Waals surface area contributed by atoms with E-state index >= 15 is 0 Å². The van der Waals surface area contributed by atoms with E-state index in [1.807, 2.05) is 6.20 Å². The maximum Gasteiger partial charge on any atom is 0.0696 e. The molecule has 1 aliphatic carbocycles. The number of likely N-dealkylation sites (N-methyl/N-ethyl adjacent to an activating group) is 1. The molecule has 1 aromatic rings. The maximum atomic E-state index is 4.55. The van der Waals surface area contributed by atoms with Crippen LogP contribution in [-0.2, 0) is 6.54 Å². The standard InChI is InChI=1S/C16H29BrN4/c1-18-15(11-13-7-5-4-6-8-13)16-14(17)12-19-21(16)10-9-20(2)3/h12-13,15,18H,4-11H2,1-3H3. The molecule has 0 amide bonds. The van der Waals surface area contributed by atoms with Gasteiger partial charge in [-0.2, -0.15) is 5.10 Å². The van der Waals surface area contributed by atoms with E-state index < -0.39 is 0 Å². The molecule has 4 nitrogen and oxygen atoms in total. The summed E-state index contributed by atoms with van der Waals surface area (Å²) in [7, 11) is 6.29. The summed E-state index contributed by atoms with van der Waals surface area (Å²) in [4.78, 5) is 2.20. The summed E-state index contributed by atoms with van der Waals surface area (Å²) in [6.45, 7) is 1.96. The highest BCUT2D eigenvalue weighted by atomic mass is 79.9. The zero-order valence-electron chi connectivity index (χ0n) is 13.6. The highest BCUT2D eigenvalue weighted by molar-refractivity contribution is 9.10. The van der Waals surface area contributed by atoms with E-state index in [1.165, 1.54) is 44.2 Å². The Hall–Kier alpha value is -0.390. The summed E-state index contributed by atoms with van der Waals surface area (Å²) < 4.78 is 3.30. The van der Waals surface area contributed by atoms with E-state index in [9.17, 15) is 0 Å². The summed E-state index contributed by atoms with van der Waals surface area (Å²) in [6.07, 6.45) is 10.2. The molecule has 1 unspecified atom stereocenters. The Bertz CT molecular complexity index is 424. The molecule has 1 fully saturated rings. The fraction of sp³-hybridized carbons (Fsp3) is 0.812. The Labute approximate surface area is 137 Å². The molecular weight excluding hydrogens is 328 g/mol. The summed E-state index contributed by atoms with van der Waals surface area (Å²) in [5.41, 5.74) is 1.31. The van der Waals surface area contributed by atoms with E-state index in [1.54, 1.807) is 0 Å². The van der Waals surface area contributed by atoms with Crippen LogP contribution < -0.4 is 5.32 Å². The Morgan fingerprint density at radius 3 is 2.71 bits per heavy atom. The molecule has 1 saturated carbocycles. The number of hydrogen-bond acceptors (Lipinski definition) is 3. The van der Waals surface area contributed by atoms with Gasteiger partial charge in [0, 0.05) is 6.54 Å². The normalized spacial score (nSPS) is 18.3. The monoisotopic (exact) mass is 356 g/mol. The molecule has 0 spiro atoms. The van der Waals surface area contributed by atoms with Crippen LogP contribution >= 0.6 is 15.9 Å². The zero-order valence-corrected chi connectivity index (χ0v) is 15.2. The summed E-state index contributed by atoms with van der Waals surface area (Å²) in [5.74, 6) is 0.861. The lowest BCUT2D eigenvalue weighted by molar-refractivity contribution is 0.295. The molecule has 1 aromatic heterocycles. The van der Waals surface area contributed by atoms with Gasteiger partial charge in [-0.25, -0.2) is 0 Å². The predicted octanol–water partition coefficient (Wildman–Crippen LogP) is 3.44. The van der Waals surface area contributed by atoms with Crippen molar-refractivity contribution in [1.29, 1.82) is 0 Å². The predicted molar refractivity (Wildman–Crippen MR) is 91.5 cm³/mol. The van der Waals surface area contributed by atoms with Crippen LogP contribution in [-0.4, -0.2) is 42.4 Å². The number of hydrogen-bond donors (Lipinski definition) is 1. The third-order valence-electron chi connectivity index (χ3n) is 4.56. The molecule has 21 heavy (non-hydrogen) atoms. The van der Waals surface area contributed by atoms with Crippen molar-refractivity contribution in [1.82, 2.24) is 20.0 Å². The number of nitrogens with one attached hydrogen (secondary N) is 1. The third-order valence-corrected chi connectivity index (χ3v) is 5.18. The van der Waals surface area contributed by atoms with E-state index in [0.29, 0.717) is 6.04 Å². The molecule has 120 valence electrons. The SMILES string of the molecule is CNC(CC1CCCCC1)c1c(Br)cnn1CCN(C)C. The van der Waals surface area contributed by atoms with Crippen LogP contribution in [0.3, 0.4) is 0 Å². The van der Waals surface area contributed by atoms with Crippen molar-refractivity contribution in [3.8, 4) is 0 Å². The number of halogens is 1. The van der Waals surface area contributed by atoms with Gasteiger partial charge < -0.3 is 10.2 Å². The lowest BCUT2D eigenvalue weighted by Gasteiger charge is -2.27. The van der Waals surface area contributed by atoms with Crippen molar-refractivity contribution < 1.29 is 0 Å². The van der Waals surface area contributed by atoms with Crippen LogP contribution in [0.2, 0.25) is 0 Å². The minimum absolute atomic E-state index is 0.395. The number of nitrogens with zero attached hydrogens (tertiary/aromatic N) is 3. The van der Waals surface area contributed by atoms with Crippen molar-refractivity contribution in [2.24, 2.45) is 5.92 Å². The molecule has 0 aromatic carbocycles. The summed E-state index contributed by atoms with van der Waals surface area (Å²) in [5, 5.41) is 8.07. The quantitative estimate of drug-likeness (QED) is 0.812. The minimum Gasteiger partial charge on any atom is -0.312 e. The fourth-order valence-corrected chi connectivity index (χ4v) is 3.89. The topological polar surface area (TPSA) is 33.1 Å². The molecule has 5 heteroatoms. The van der Waals surface area contributed by atoms with Crippen LogP contribution in [0.15, 0.2) is 10.7 Å². The molecule has 2 rings (SSSR count). The first-order valence-corrected chi connectivity index (χ1v) is 8.94. The van der Waals surface area contributed by atoms with Crippen LogP contribution in [0.5, 0.6) is 0 Å². The Balaban J connectivity index is 2.07. The molecule has 1 heterocycles. The van der Waals surface area contributed by atoms with E-state index in [0.717, 1.165) is 23.5 Å². The van der Waals surface area contributed by atoms with Gasteiger partial charge in [0.15, 0.2) is 0 Å². The van der Waals surface area contributed by atoms with Crippen molar-refractivity contribution in [3.05, 3.63) is 16.4 Å². The first kappa shape index (κ1) is 17.0. The van der Waals surface area contributed by atoms with Gasteiger partial charge in [-0.05, 0) is 49.4 Å². The van der Waals surface area contributed by atoms with E-state index in [4.69, 9.17) is 0 Å². The van der Waals surface area contributed by atoms with Gasteiger partial charge in [0.2, 0.25) is 0 Å². The molecule has 0 radical (unpaired) electrons. The van der Waals surface area contributed by atoms with Crippen LogP contribution in [0, 0.1) is 5.92 Å². The summed E-state index contributed by atoms with van der Waals surface area (Å²) in [6, 6.07) is 0.395. The van der Waals surface area contributed by atoms with E-state index in [2.05, 4.69) is 57.1 Å². The van der Waals surface area contributed by atoms with Crippen molar-refractivity contribution in [2.75, 3.05) is 27.7 Å². The molecular formula is C16H29BrN4. The zero-order chi connectivity index (χ0) is 15.2. The number of rotatable bonds is 7. The van der Waals surface area contributed by atoms with Crippen LogP contribution in [0.25, 0.3) is 0 Å². The second kappa shape index (κ2) is 8.30. The first-order chi connectivity index (χ1) is 10.1. The molecule has 0 bridgehead atoms. The molecule has 1 N–H and O–H groups in total. The van der Waals surface area contributed by atoms with Gasteiger partial charge in [-0.15, -0.1) is 0 Å². The third kappa shape index (κ3) is 4.80. The largest absolute Gasteiger partial charge is 0.312 e. The van der Waals surface area contributed by atoms with Gasteiger partial charge in [-0.1, -0.05) is 32.1 Å². The molecule has 0 saturated heterocycles. The molecule has 1 atom stereocenters. The Morgan fingerprint density at radius 1 is 1.38 bits per heavy atom. The average Bonchev–Trinajstić information content (AvgIpc) is 2.85. The van der Waals surface area contributed by atoms with Gasteiger partial charge in [0.25, 0.3) is 0 Å². The lowest BCUT2D eigenvalue weighted by Crippen LogP contribution is -2.26. The van der Waals surface area contributed by atoms with E-state index in [-0.39, 0.29) is 0 Å². The minimum atomic E-state index is 0.395. The fourth-order valence-electron chi connectivity index (χ4n) is 3.31. The van der Waals surface area contributed by atoms with Gasteiger partial charge in [-0.3, -0.25) is 4.68 Å². The van der Waals surface area contributed by atoms with Gasteiger partial charge in [0.05, 0.1) is 29.0 Å². The lowest BCUT2D eigenvalue weighted by atomic mass is 9.84. The Morgan fingerprint density at radius 2 is 2.10 bits per heavy atom. The van der Waals surface area contributed by atoms with Gasteiger partial charge >= 0.3 is 0 Å². The molecule has 0 aliphatic heterocycles. The van der Waals surface area contributed by atoms with Crippen LogP contribution in [0.1, 0.15) is 50.3 Å². The van der Waals surface area contributed by atoms with Crippen molar-refractivity contribution in [3.63, 3.8) is 0 Å². The van der Waals surface area contributed by atoms with Crippen molar-refractivity contribution in [2.45, 2.75) is 51.1 Å².